The molecule has 3 rings (SSSR count). The fourth-order valence-corrected chi connectivity index (χ4v) is 2.31. The Morgan fingerprint density at radius 2 is 1.78 bits per heavy atom. The Morgan fingerprint density at radius 1 is 1.09 bits per heavy atom. The molecule has 0 saturated carbocycles. The van der Waals surface area contributed by atoms with Crippen molar-refractivity contribution in [1.29, 1.82) is 0 Å². The van der Waals surface area contributed by atoms with Gasteiger partial charge in [0, 0.05) is 5.69 Å². The molecule has 0 aliphatic carbocycles. The zero-order valence-electron chi connectivity index (χ0n) is 12.6. The highest BCUT2D eigenvalue weighted by molar-refractivity contribution is 5.89. The molecular weight excluding hydrogens is 299 g/mol. The lowest BCUT2D eigenvalue weighted by Gasteiger charge is -2.21. The first-order chi connectivity index (χ1) is 11.1. The first-order valence-corrected chi connectivity index (χ1v) is 7.34. The van der Waals surface area contributed by atoms with Crippen LogP contribution in [0.15, 0.2) is 42.5 Å². The molecule has 1 atom stereocenters. The maximum absolute atomic E-state index is 12.8. The van der Waals surface area contributed by atoms with Crippen LogP contribution in [0, 0.1) is 5.82 Å². The third-order valence-electron chi connectivity index (χ3n) is 3.52. The molecule has 2 amide bonds. The number of hydrogen-bond donors (Lipinski definition) is 2. The number of nitrogens with one attached hydrogen (secondary N) is 2. The van der Waals surface area contributed by atoms with Crippen LogP contribution in [-0.2, 0) is 0 Å². The van der Waals surface area contributed by atoms with Crippen molar-refractivity contribution in [2.45, 2.75) is 13.0 Å². The molecule has 0 bridgehead atoms. The third kappa shape index (κ3) is 3.71. The van der Waals surface area contributed by atoms with Crippen LogP contribution in [0.2, 0.25) is 0 Å². The molecule has 2 N–H and O–H groups in total. The van der Waals surface area contributed by atoms with Gasteiger partial charge in [0.05, 0.1) is 6.04 Å². The maximum atomic E-state index is 12.8. The SMILES string of the molecule is C[C@H](NC(=O)Nc1ccc(F)cc1)c1ccc2c(c1)OCCO2. The number of amides is 2. The molecule has 0 spiro atoms. The van der Waals surface area contributed by atoms with E-state index in [-0.39, 0.29) is 17.9 Å². The standard InChI is InChI=1S/C17H17FN2O3/c1-11(12-2-7-15-16(10-12)23-9-8-22-15)19-17(21)20-14-5-3-13(18)4-6-14/h2-7,10-11H,8-9H2,1H3,(H2,19,20,21)/t11-/m0/s1. The number of fused-ring (bicyclic) bond motifs is 1. The van der Waals surface area contributed by atoms with Gasteiger partial charge in [-0.15, -0.1) is 0 Å². The zero-order chi connectivity index (χ0) is 16.2. The van der Waals surface area contributed by atoms with Gasteiger partial charge in [-0.05, 0) is 48.9 Å². The van der Waals surface area contributed by atoms with Gasteiger partial charge in [-0.2, -0.15) is 0 Å². The van der Waals surface area contributed by atoms with Crippen molar-refractivity contribution in [1.82, 2.24) is 5.32 Å². The van der Waals surface area contributed by atoms with Crippen molar-refractivity contribution >= 4 is 11.7 Å². The van der Waals surface area contributed by atoms with E-state index in [2.05, 4.69) is 10.6 Å². The number of halogens is 1. The fourth-order valence-electron chi connectivity index (χ4n) is 2.31. The molecular formula is C17H17FN2O3. The van der Waals surface area contributed by atoms with Gasteiger partial charge in [-0.3, -0.25) is 0 Å². The van der Waals surface area contributed by atoms with E-state index in [0.717, 1.165) is 5.56 Å². The normalized spacial score (nSPS) is 14.0. The van der Waals surface area contributed by atoms with E-state index in [9.17, 15) is 9.18 Å². The second kappa shape index (κ2) is 6.56. The van der Waals surface area contributed by atoms with E-state index in [1.165, 1.54) is 24.3 Å². The van der Waals surface area contributed by atoms with Crippen molar-refractivity contribution in [3.8, 4) is 11.5 Å². The van der Waals surface area contributed by atoms with E-state index >= 15 is 0 Å². The van der Waals surface area contributed by atoms with Crippen LogP contribution < -0.4 is 20.1 Å². The summed E-state index contributed by atoms with van der Waals surface area (Å²) < 4.78 is 23.9. The molecule has 2 aromatic rings. The van der Waals surface area contributed by atoms with Crippen LogP contribution in [0.5, 0.6) is 11.5 Å². The summed E-state index contributed by atoms with van der Waals surface area (Å²) in [4.78, 5) is 12.0. The van der Waals surface area contributed by atoms with E-state index in [4.69, 9.17) is 9.47 Å². The Balaban J connectivity index is 1.63. The minimum absolute atomic E-state index is 0.216. The monoisotopic (exact) mass is 316 g/mol. The zero-order valence-corrected chi connectivity index (χ0v) is 12.6. The number of anilines is 1. The Kier molecular flexibility index (Phi) is 4.32. The van der Waals surface area contributed by atoms with E-state index in [0.29, 0.717) is 30.4 Å². The average molecular weight is 316 g/mol. The summed E-state index contributed by atoms with van der Waals surface area (Å²) in [6.45, 7) is 2.93. The van der Waals surface area contributed by atoms with Gasteiger partial charge in [-0.25, -0.2) is 9.18 Å². The summed E-state index contributed by atoms with van der Waals surface area (Å²) in [5.41, 5.74) is 1.43. The van der Waals surface area contributed by atoms with Crippen molar-refractivity contribution in [2.24, 2.45) is 0 Å². The van der Waals surface area contributed by atoms with Gasteiger partial charge in [-0.1, -0.05) is 6.07 Å². The summed E-state index contributed by atoms with van der Waals surface area (Å²) in [5.74, 6) is 1.05. The van der Waals surface area contributed by atoms with Gasteiger partial charge in [0.2, 0.25) is 0 Å². The lowest BCUT2D eigenvalue weighted by molar-refractivity contribution is 0.171. The van der Waals surface area contributed by atoms with Crippen molar-refractivity contribution in [3.63, 3.8) is 0 Å². The second-order valence-electron chi connectivity index (χ2n) is 5.23. The van der Waals surface area contributed by atoms with Crippen molar-refractivity contribution < 1.29 is 18.7 Å². The minimum Gasteiger partial charge on any atom is -0.486 e. The number of urea groups is 1. The van der Waals surface area contributed by atoms with Gasteiger partial charge < -0.3 is 20.1 Å². The van der Waals surface area contributed by atoms with E-state index in [1.807, 2.05) is 25.1 Å². The molecule has 1 aliphatic heterocycles. The fraction of sp³-hybridized carbons (Fsp3) is 0.235. The lowest BCUT2D eigenvalue weighted by Crippen LogP contribution is -2.31. The van der Waals surface area contributed by atoms with E-state index < -0.39 is 0 Å². The van der Waals surface area contributed by atoms with Crippen LogP contribution in [0.4, 0.5) is 14.9 Å². The maximum Gasteiger partial charge on any atom is 0.319 e. The molecule has 0 aromatic heterocycles. The first-order valence-electron chi connectivity index (χ1n) is 7.34. The van der Waals surface area contributed by atoms with Crippen molar-refractivity contribution in [2.75, 3.05) is 18.5 Å². The molecule has 6 heteroatoms. The van der Waals surface area contributed by atoms with Gasteiger partial charge in [0.25, 0.3) is 0 Å². The molecule has 0 saturated heterocycles. The molecule has 23 heavy (non-hydrogen) atoms. The smallest absolute Gasteiger partial charge is 0.319 e. The molecule has 5 nitrogen and oxygen atoms in total. The highest BCUT2D eigenvalue weighted by Gasteiger charge is 2.15. The number of carbonyl (C=O) groups is 1. The summed E-state index contributed by atoms with van der Waals surface area (Å²) in [5, 5.41) is 5.49. The molecule has 120 valence electrons. The summed E-state index contributed by atoms with van der Waals surface area (Å²) in [7, 11) is 0. The Morgan fingerprint density at radius 3 is 2.52 bits per heavy atom. The van der Waals surface area contributed by atoms with Crippen LogP contribution in [-0.4, -0.2) is 19.2 Å². The summed E-state index contributed by atoms with van der Waals surface area (Å²) >= 11 is 0. The third-order valence-corrected chi connectivity index (χ3v) is 3.52. The van der Waals surface area contributed by atoms with Crippen LogP contribution in [0.25, 0.3) is 0 Å². The van der Waals surface area contributed by atoms with Gasteiger partial charge >= 0.3 is 6.03 Å². The van der Waals surface area contributed by atoms with Gasteiger partial charge in [0.1, 0.15) is 19.0 Å². The number of benzene rings is 2. The molecule has 1 aliphatic rings. The number of ether oxygens (including phenoxy) is 2. The highest BCUT2D eigenvalue weighted by Crippen LogP contribution is 2.32. The highest BCUT2D eigenvalue weighted by atomic mass is 19.1. The van der Waals surface area contributed by atoms with Crippen molar-refractivity contribution in [3.05, 3.63) is 53.8 Å². The molecule has 0 fully saturated rings. The Hall–Kier alpha value is -2.76. The molecule has 1 heterocycles. The summed E-state index contributed by atoms with van der Waals surface area (Å²) in [6, 6.07) is 10.6. The second-order valence-corrected chi connectivity index (χ2v) is 5.23. The first kappa shape index (κ1) is 15.1. The van der Waals surface area contributed by atoms with Crippen LogP contribution >= 0.6 is 0 Å². The largest absolute Gasteiger partial charge is 0.486 e. The summed E-state index contributed by atoms with van der Waals surface area (Å²) in [6.07, 6.45) is 0. The number of hydrogen-bond acceptors (Lipinski definition) is 3. The average Bonchev–Trinajstić information content (AvgIpc) is 2.56. The predicted molar refractivity (Wildman–Crippen MR) is 84.4 cm³/mol. The van der Waals surface area contributed by atoms with Gasteiger partial charge in [0.15, 0.2) is 11.5 Å². The van der Waals surface area contributed by atoms with Crippen LogP contribution in [0.1, 0.15) is 18.5 Å². The predicted octanol–water partition coefficient (Wildman–Crippen LogP) is 3.48. The van der Waals surface area contributed by atoms with E-state index in [1.54, 1.807) is 0 Å². The molecule has 0 radical (unpaired) electrons. The Bertz CT molecular complexity index is 703. The topological polar surface area (TPSA) is 59.6 Å². The van der Waals surface area contributed by atoms with Crippen LogP contribution in [0.3, 0.4) is 0 Å². The molecule has 0 unspecified atom stereocenters. The Labute approximate surface area is 133 Å². The number of rotatable bonds is 3. The number of carbonyl (C=O) groups excluding carboxylic acids is 1. The minimum atomic E-state index is -0.362. The molecule has 2 aromatic carbocycles. The lowest BCUT2D eigenvalue weighted by atomic mass is 10.1. The quantitative estimate of drug-likeness (QED) is 0.911.